The second-order valence-electron chi connectivity index (χ2n) is 4.62. The number of rotatable bonds is 4. The number of hydrogen-bond donors (Lipinski definition) is 1. The molecular weight excluding hydrogens is 186 g/mol. The lowest BCUT2D eigenvalue weighted by atomic mass is 9.86. The number of aliphatic hydroxyl groups excluding tert-OH is 1. The quantitative estimate of drug-likeness (QED) is 0.823. The largest absolute Gasteiger partial charge is 0.393 e. The van der Waals surface area contributed by atoms with Gasteiger partial charge in [0.25, 0.3) is 0 Å². The van der Waals surface area contributed by atoms with Crippen LogP contribution < -0.4 is 0 Å². The van der Waals surface area contributed by atoms with Crippen molar-refractivity contribution < 1.29 is 5.11 Å². The number of nitrogens with zero attached hydrogens (tertiary/aromatic N) is 1. The van der Waals surface area contributed by atoms with Crippen molar-refractivity contribution in [1.82, 2.24) is 4.98 Å². The van der Waals surface area contributed by atoms with E-state index in [1.165, 1.54) is 5.56 Å². The number of pyridine rings is 1. The van der Waals surface area contributed by atoms with E-state index >= 15 is 0 Å². The number of aryl methyl sites for hydroxylation is 1. The molecule has 2 atom stereocenters. The van der Waals surface area contributed by atoms with Crippen molar-refractivity contribution in [3.05, 3.63) is 29.6 Å². The van der Waals surface area contributed by atoms with Crippen LogP contribution in [0.5, 0.6) is 0 Å². The Morgan fingerprint density at radius 1 is 1.33 bits per heavy atom. The Bertz CT molecular complexity index is 299. The zero-order valence-electron chi connectivity index (χ0n) is 10.1. The molecule has 0 aliphatic heterocycles. The van der Waals surface area contributed by atoms with Crippen molar-refractivity contribution in [2.45, 2.75) is 40.2 Å². The zero-order chi connectivity index (χ0) is 11.4. The molecule has 2 nitrogen and oxygen atoms in total. The van der Waals surface area contributed by atoms with Gasteiger partial charge in [-0.2, -0.15) is 0 Å². The fourth-order valence-corrected chi connectivity index (χ4v) is 1.92. The normalized spacial score (nSPS) is 15.3. The molecule has 0 aromatic carbocycles. The van der Waals surface area contributed by atoms with E-state index in [2.05, 4.69) is 31.8 Å². The van der Waals surface area contributed by atoms with Crippen LogP contribution in [0.2, 0.25) is 0 Å². The van der Waals surface area contributed by atoms with E-state index in [1.807, 2.05) is 19.2 Å². The summed E-state index contributed by atoms with van der Waals surface area (Å²) in [4.78, 5) is 4.37. The predicted molar refractivity (Wildman–Crippen MR) is 62.7 cm³/mol. The molecule has 1 aromatic rings. The molecule has 15 heavy (non-hydrogen) atoms. The third-order valence-corrected chi connectivity index (χ3v) is 3.02. The minimum atomic E-state index is -0.272. The highest BCUT2D eigenvalue weighted by molar-refractivity contribution is 5.18. The van der Waals surface area contributed by atoms with E-state index in [-0.39, 0.29) is 6.10 Å². The molecule has 1 heterocycles. The van der Waals surface area contributed by atoms with Crippen molar-refractivity contribution in [3.8, 4) is 0 Å². The molecule has 0 aliphatic rings. The summed E-state index contributed by atoms with van der Waals surface area (Å²) in [5, 5.41) is 9.71. The lowest BCUT2D eigenvalue weighted by molar-refractivity contribution is 0.0970. The molecule has 2 heteroatoms. The first-order valence-electron chi connectivity index (χ1n) is 5.61. The molecule has 1 aromatic heterocycles. The highest BCUT2D eigenvalue weighted by Gasteiger charge is 2.20. The minimum absolute atomic E-state index is 0.272. The summed E-state index contributed by atoms with van der Waals surface area (Å²) in [6, 6.07) is 4.02. The van der Waals surface area contributed by atoms with Crippen LogP contribution in [0, 0.1) is 18.8 Å². The molecule has 0 radical (unpaired) electrons. The molecular formula is C13H21NO. The number of aliphatic hydroxyl groups is 1. The molecule has 0 amide bonds. The maximum Gasteiger partial charge on any atom is 0.0546 e. The molecule has 84 valence electrons. The molecule has 0 spiro atoms. The zero-order valence-corrected chi connectivity index (χ0v) is 10.1. The Hall–Kier alpha value is -0.890. The third kappa shape index (κ3) is 3.31. The van der Waals surface area contributed by atoms with E-state index in [4.69, 9.17) is 0 Å². The van der Waals surface area contributed by atoms with Gasteiger partial charge in [0, 0.05) is 11.9 Å². The SMILES string of the molecule is Cc1cccnc1CC(C(C)C)C(C)O. The monoisotopic (exact) mass is 207 g/mol. The van der Waals surface area contributed by atoms with Gasteiger partial charge in [0.15, 0.2) is 0 Å². The molecule has 1 rings (SSSR count). The van der Waals surface area contributed by atoms with Crippen molar-refractivity contribution in [3.63, 3.8) is 0 Å². The van der Waals surface area contributed by atoms with Gasteiger partial charge < -0.3 is 5.11 Å². The maximum absolute atomic E-state index is 9.71. The summed E-state index contributed by atoms with van der Waals surface area (Å²) >= 11 is 0. The maximum atomic E-state index is 9.71. The predicted octanol–water partition coefficient (Wildman–Crippen LogP) is 2.59. The van der Waals surface area contributed by atoms with Crippen molar-refractivity contribution in [1.29, 1.82) is 0 Å². The van der Waals surface area contributed by atoms with Crippen molar-refractivity contribution >= 4 is 0 Å². The minimum Gasteiger partial charge on any atom is -0.393 e. The first kappa shape index (κ1) is 12.2. The standard InChI is InChI=1S/C13H21NO/c1-9(2)12(11(4)15)8-13-10(3)6-5-7-14-13/h5-7,9,11-12,15H,8H2,1-4H3. The van der Waals surface area contributed by atoms with Crippen LogP contribution in [-0.4, -0.2) is 16.2 Å². The van der Waals surface area contributed by atoms with E-state index in [9.17, 15) is 5.11 Å². The Morgan fingerprint density at radius 2 is 2.00 bits per heavy atom. The van der Waals surface area contributed by atoms with Crippen LogP contribution in [0.15, 0.2) is 18.3 Å². The van der Waals surface area contributed by atoms with Crippen molar-refractivity contribution in [2.75, 3.05) is 0 Å². The van der Waals surface area contributed by atoms with Crippen LogP contribution in [0.1, 0.15) is 32.0 Å². The Balaban J connectivity index is 2.79. The van der Waals surface area contributed by atoms with Gasteiger partial charge in [-0.05, 0) is 43.7 Å². The topological polar surface area (TPSA) is 33.1 Å². The van der Waals surface area contributed by atoms with Crippen LogP contribution in [-0.2, 0) is 6.42 Å². The van der Waals surface area contributed by atoms with E-state index in [0.29, 0.717) is 11.8 Å². The van der Waals surface area contributed by atoms with Crippen molar-refractivity contribution in [2.24, 2.45) is 11.8 Å². The molecule has 0 fully saturated rings. The third-order valence-electron chi connectivity index (χ3n) is 3.02. The Labute approximate surface area is 92.4 Å². The molecule has 0 bridgehead atoms. The van der Waals surface area contributed by atoms with E-state index < -0.39 is 0 Å². The average Bonchev–Trinajstić information content (AvgIpc) is 2.15. The second kappa shape index (κ2) is 5.26. The molecule has 0 saturated carbocycles. The lowest BCUT2D eigenvalue weighted by Gasteiger charge is -2.23. The summed E-state index contributed by atoms with van der Waals surface area (Å²) < 4.78 is 0. The van der Waals surface area contributed by atoms with Gasteiger partial charge in [0.2, 0.25) is 0 Å². The van der Waals surface area contributed by atoms with Gasteiger partial charge in [0.05, 0.1) is 6.10 Å². The summed E-state index contributed by atoms with van der Waals surface area (Å²) in [6.45, 7) is 8.23. The van der Waals surface area contributed by atoms with Gasteiger partial charge in [0.1, 0.15) is 0 Å². The van der Waals surface area contributed by atoms with E-state index in [1.54, 1.807) is 0 Å². The summed E-state index contributed by atoms with van der Waals surface area (Å²) in [5.41, 5.74) is 2.32. The van der Waals surface area contributed by atoms with Crippen LogP contribution in [0.25, 0.3) is 0 Å². The van der Waals surface area contributed by atoms with Crippen LogP contribution in [0.4, 0.5) is 0 Å². The molecule has 2 unspecified atom stereocenters. The number of aromatic nitrogens is 1. The van der Waals surface area contributed by atoms with Gasteiger partial charge in [-0.1, -0.05) is 19.9 Å². The fraction of sp³-hybridized carbons (Fsp3) is 0.615. The van der Waals surface area contributed by atoms with Gasteiger partial charge in [-0.15, -0.1) is 0 Å². The average molecular weight is 207 g/mol. The van der Waals surface area contributed by atoms with Gasteiger partial charge >= 0.3 is 0 Å². The first-order chi connectivity index (χ1) is 7.02. The number of hydrogen-bond acceptors (Lipinski definition) is 2. The smallest absolute Gasteiger partial charge is 0.0546 e. The van der Waals surface area contributed by atoms with Gasteiger partial charge in [-0.25, -0.2) is 0 Å². The molecule has 0 aliphatic carbocycles. The summed E-state index contributed by atoms with van der Waals surface area (Å²) in [5.74, 6) is 0.769. The van der Waals surface area contributed by atoms with E-state index in [0.717, 1.165) is 12.1 Å². The Kier molecular flexibility index (Phi) is 4.28. The highest BCUT2D eigenvalue weighted by atomic mass is 16.3. The first-order valence-corrected chi connectivity index (χ1v) is 5.61. The lowest BCUT2D eigenvalue weighted by Crippen LogP contribution is -2.25. The van der Waals surface area contributed by atoms with Crippen LogP contribution >= 0.6 is 0 Å². The highest BCUT2D eigenvalue weighted by Crippen LogP contribution is 2.21. The molecule has 1 N–H and O–H groups in total. The molecule has 0 saturated heterocycles. The van der Waals surface area contributed by atoms with Crippen LogP contribution in [0.3, 0.4) is 0 Å². The van der Waals surface area contributed by atoms with Gasteiger partial charge in [-0.3, -0.25) is 4.98 Å². The summed E-state index contributed by atoms with van der Waals surface area (Å²) in [7, 11) is 0. The fourth-order valence-electron chi connectivity index (χ4n) is 1.92. The Morgan fingerprint density at radius 3 is 2.47 bits per heavy atom. The summed E-state index contributed by atoms with van der Waals surface area (Å²) in [6.07, 6.45) is 2.41. The second-order valence-corrected chi connectivity index (χ2v) is 4.62.